The van der Waals surface area contributed by atoms with Gasteiger partial charge < -0.3 is 9.84 Å². The number of benzene rings is 1. The fraction of sp³-hybridized carbons (Fsp3) is 0.412. The molecule has 2 aromatic rings. The average molecular weight is 352 g/mol. The van der Waals surface area contributed by atoms with Crippen LogP contribution in [-0.2, 0) is 6.54 Å². The van der Waals surface area contributed by atoms with Gasteiger partial charge in [-0.1, -0.05) is 16.8 Å². The van der Waals surface area contributed by atoms with E-state index in [1.54, 1.807) is 0 Å². The zero-order valence-electron chi connectivity index (χ0n) is 13.6. The zero-order chi connectivity index (χ0) is 17.3. The Morgan fingerprint density at radius 1 is 1.50 bits per heavy atom. The summed E-state index contributed by atoms with van der Waals surface area (Å²) in [7, 11) is 0. The molecule has 1 atom stereocenters. The normalized spacial score (nSPS) is 18.1. The van der Waals surface area contributed by atoms with E-state index in [1.807, 2.05) is 13.8 Å². The van der Waals surface area contributed by atoms with Crippen LogP contribution in [0.1, 0.15) is 33.8 Å². The van der Waals surface area contributed by atoms with E-state index in [-0.39, 0.29) is 17.0 Å². The topological polar surface area (TPSA) is 58.4 Å². The van der Waals surface area contributed by atoms with Gasteiger partial charge in [0, 0.05) is 36.8 Å². The van der Waals surface area contributed by atoms with Crippen LogP contribution in [0.4, 0.5) is 4.39 Å². The monoisotopic (exact) mass is 351 g/mol. The molecule has 1 aliphatic heterocycles. The highest BCUT2D eigenvalue weighted by atomic mass is 35.5. The Morgan fingerprint density at radius 2 is 2.29 bits per heavy atom. The van der Waals surface area contributed by atoms with Crippen LogP contribution in [-0.4, -0.2) is 35.1 Å². The number of rotatable bonds is 4. The molecule has 1 aliphatic rings. The number of aryl methyl sites for hydroxylation is 2. The first-order valence-electron chi connectivity index (χ1n) is 7.84. The maximum atomic E-state index is 13.2. The predicted molar refractivity (Wildman–Crippen MR) is 88.5 cm³/mol. The Kier molecular flexibility index (Phi) is 4.87. The van der Waals surface area contributed by atoms with Crippen LogP contribution < -0.4 is 5.32 Å². The van der Waals surface area contributed by atoms with Crippen LogP contribution in [0.3, 0.4) is 0 Å². The van der Waals surface area contributed by atoms with Crippen molar-refractivity contribution >= 4 is 17.5 Å². The number of amides is 1. The summed E-state index contributed by atoms with van der Waals surface area (Å²) in [4.78, 5) is 14.5. The van der Waals surface area contributed by atoms with E-state index in [9.17, 15) is 9.18 Å². The number of aromatic nitrogens is 1. The molecule has 1 fully saturated rings. The highest BCUT2D eigenvalue weighted by Gasteiger charge is 2.26. The van der Waals surface area contributed by atoms with Crippen molar-refractivity contribution in [3.05, 3.63) is 51.6 Å². The minimum Gasteiger partial charge on any atom is -0.361 e. The average Bonchev–Trinajstić information content (AvgIpc) is 3.11. The molecule has 0 bridgehead atoms. The molecule has 1 saturated heterocycles. The first kappa shape index (κ1) is 16.9. The molecular weight excluding hydrogens is 333 g/mol. The number of hydrogen-bond donors (Lipinski definition) is 1. The fourth-order valence-electron chi connectivity index (χ4n) is 2.95. The second-order valence-corrected chi connectivity index (χ2v) is 6.53. The third-order valence-corrected chi connectivity index (χ3v) is 4.64. The quantitative estimate of drug-likeness (QED) is 0.919. The summed E-state index contributed by atoms with van der Waals surface area (Å²) >= 11 is 5.73. The lowest BCUT2D eigenvalue weighted by molar-refractivity contribution is 0.0937. The number of likely N-dealkylation sites (tertiary alicyclic amines) is 1. The van der Waals surface area contributed by atoms with Crippen molar-refractivity contribution in [3.8, 4) is 0 Å². The summed E-state index contributed by atoms with van der Waals surface area (Å²) in [5.41, 5.74) is 2.37. The molecular formula is C17H19ClFN3O2. The number of hydrogen-bond acceptors (Lipinski definition) is 4. The molecule has 1 amide bonds. The minimum absolute atomic E-state index is 0.0471. The summed E-state index contributed by atoms with van der Waals surface area (Å²) in [5.74, 6) is 0.0711. The van der Waals surface area contributed by atoms with Gasteiger partial charge in [-0.25, -0.2) is 4.39 Å². The molecule has 0 saturated carbocycles. The van der Waals surface area contributed by atoms with E-state index in [0.717, 1.165) is 43.1 Å². The summed E-state index contributed by atoms with van der Waals surface area (Å²) in [6.07, 6.45) is 0.865. The maximum Gasteiger partial charge on any atom is 0.251 e. The first-order chi connectivity index (χ1) is 11.4. The second-order valence-electron chi connectivity index (χ2n) is 6.13. The van der Waals surface area contributed by atoms with Crippen LogP contribution in [0.15, 0.2) is 22.7 Å². The highest BCUT2D eigenvalue weighted by molar-refractivity contribution is 6.31. The van der Waals surface area contributed by atoms with Crippen molar-refractivity contribution in [1.29, 1.82) is 0 Å². The molecule has 1 aromatic heterocycles. The Balaban J connectivity index is 1.58. The lowest BCUT2D eigenvalue weighted by atomic mass is 10.2. The van der Waals surface area contributed by atoms with Gasteiger partial charge in [0.25, 0.3) is 5.91 Å². The van der Waals surface area contributed by atoms with Gasteiger partial charge in [0.2, 0.25) is 0 Å². The lowest BCUT2D eigenvalue weighted by Crippen LogP contribution is -2.37. The van der Waals surface area contributed by atoms with Gasteiger partial charge in [0.05, 0.1) is 10.7 Å². The highest BCUT2D eigenvalue weighted by Crippen LogP contribution is 2.20. The molecule has 5 nitrogen and oxygen atoms in total. The fourth-order valence-corrected chi connectivity index (χ4v) is 3.13. The van der Waals surface area contributed by atoms with Crippen molar-refractivity contribution in [3.63, 3.8) is 0 Å². The van der Waals surface area contributed by atoms with Gasteiger partial charge in [-0.2, -0.15) is 0 Å². The smallest absolute Gasteiger partial charge is 0.251 e. The predicted octanol–water partition coefficient (Wildman–Crippen LogP) is 3.09. The van der Waals surface area contributed by atoms with Crippen molar-refractivity contribution in [2.45, 2.75) is 32.9 Å². The molecule has 1 unspecified atom stereocenters. The zero-order valence-corrected chi connectivity index (χ0v) is 14.4. The van der Waals surface area contributed by atoms with E-state index in [1.165, 1.54) is 18.2 Å². The van der Waals surface area contributed by atoms with Gasteiger partial charge in [-0.3, -0.25) is 9.69 Å². The van der Waals surface area contributed by atoms with E-state index < -0.39 is 5.82 Å². The number of carbonyl (C=O) groups is 1. The largest absolute Gasteiger partial charge is 0.361 e. The molecule has 2 heterocycles. The maximum absolute atomic E-state index is 13.2. The Hall–Kier alpha value is -1.92. The van der Waals surface area contributed by atoms with Crippen LogP contribution in [0.2, 0.25) is 5.02 Å². The SMILES string of the molecule is Cc1noc(C)c1CN1CCC(NC(=O)c2ccc(F)c(Cl)c2)C1. The molecule has 1 aromatic carbocycles. The van der Waals surface area contributed by atoms with E-state index in [2.05, 4.69) is 15.4 Å². The van der Waals surface area contributed by atoms with Gasteiger partial charge >= 0.3 is 0 Å². The third-order valence-electron chi connectivity index (χ3n) is 4.35. The molecule has 24 heavy (non-hydrogen) atoms. The number of nitrogens with zero attached hydrogens (tertiary/aromatic N) is 2. The van der Waals surface area contributed by atoms with Gasteiger partial charge in [-0.15, -0.1) is 0 Å². The molecule has 1 N–H and O–H groups in total. The van der Waals surface area contributed by atoms with Gasteiger partial charge in [-0.05, 0) is 38.5 Å². The lowest BCUT2D eigenvalue weighted by Gasteiger charge is -2.16. The number of halogens is 2. The van der Waals surface area contributed by atoms with Gasteiger partial charge in [0.15, 0.2) is 0 Å². The molecule has 3 rings (SSSR count). The van der Waals surface area contributed by atoms with Crippen molar-refractivity contribution in [2.75, 3.05) is 13.1 Å². The Bertz CT molecular complexity index is 743. The number of nitrogens with one attached hydrogen (secondary N) is 1. The third kappa shape index (κ3) is 3.60. The van der Waals surface area contributed by atoms with Crippen LogP contribution in [0.25, 0.3) is 0 Å². The van der Waals surface area contributed by atoms with Crippen LogP contribution >= 0.6 is 11.6 Å². The molecule has 7 heteroatoms. The van der Waals surface area contributed by atoms with Crippen LogP contribution in [0.5, 0.6) is 0 Å². The molecule has 0 radical (unpaired) electrons. The van der Waals surface area contributed by atoms with Crippen LogP contribution in [0, 0.1) is 19.7 Å². The Labute approximate surface area is 144 Å². The van der Waals surface area contributed by atoms with E-state index >= 15 is 0 Å². The first-order valence-corrected chi connectivity index (χ1v) is 8.22. The molecule has 0 aliphatic carbocycles. The minimum atomic E-state index is -0.528. The standard InChI is InChI=1S/C17H19ClFN3O2/c1-10-14(11(2)24-21-10)9-22-6-5-13(8-22)20-17(23)12-3-4-16(19)15(18)7-12/h3-4,7,13H,5-6,8-9H2,1-2H3,(H,20,23). The van der Waals surface area contributed by atoms with Crippen molar-refractivity contribution in [2.24, 2.45) is 0 Å². The summed E-state index contributed by atoms with van der Waals surface area (Å²) in [5, 5.41) is 6.90. The summed E-state index contributed by atoms with van der Waals surface area (Å²) < 4.78 is 18.4. The molecule has 0 spiro atoms. The van der Waals surface area contributed by atoms with E-state index in [4.69, 9.17) is 16.1 Å². The Morgan fingerprint density at radius 3 is 2.96 bits per heavy atom. The second kappa shape index (κ2) is 6.91. The van der Waals surface area contributed by atoms with Gasteiger partial charge in [0.1, 0.15) is 11.6 Å². The summed E-state index contributed by atoms with van der Waals surface area (Å²) in [6.45, 7) is 6.24. The van der Waals surface area contributed by atoms with E-state index in [0.29, 0.717) is 5.56 Å². The van der Waals surface area contributed by atoms with Crippen molar-refractivity contribution in [1.82, 2.24) is 15.4 Å². The van der Waals surface area contributed by atoms with Crippen molar-refractivity contribution < 1.29 is 13.7 Å². The summed E-state index contributed by atoms with van der Waals surface area (Å²) in [6, 6.07) is 4.05. The number of carbonyl (C=O) groups excluding carboxylic acids is 1. The molecule has 128 valence electrons.